The van der Waals surface area contributed by atoms with Gasteiger partial charge in [0.1, 0.15) is 10.7 Å². The van der Waals surface area contributed by atoms with E-state index in [1.807, 2.05) is 32.1 Å². The number of hydrogen-bond acceptors (Lipinski definition) is 4. The van der Waals surface area contributed by atoms with Gasteiger partial charge in [-0.1, -0.05) is 19.9 Å². The smallest absolute Gasteiger partial charge is 0.265 e. The maximum absolute atomic E-state index is 13.4. The van der Waals surface area contributed by atoms with Crippen molar-refractivity contribution in [2.75, 3.05) is 27.8 Å². The third-order valence-corrected chi connectivity index (χ3v) is 5.04. The lowest BCUT2D eigenvalue weighted by Crippen LogP contribution is -2.59. The van der Waals surface area contributed by atoms with E-state index in [4.69, 9.17) is 4.74 Å². The minimum atomic E-state index is -0.246. The zero-order chi connectivity index (χ0) is 20.1. The third-order valence-electron chi connectivity index (χ3n) is 5.04. The summed E-state index contributed by atoms with van der Waals surface area (Å²) in [6.45, 7) is 9.04. The molecular formula is C21H33N3O3. The Hall–Kier alpha value is -2.08. The second kappa shape index (κ2) is 9.22. The summed E-state index contributed by atoms with van der Waals surface area (Å²) in [5.74, 6) is 0. The summed E-state index contributed by atoms with van der Waals surface area (Å²) in [6.07, 6.45) is 6.47. The largest absolute Gasteiger partial charge is 0.383 e. The Morgan fingerprint density at radius 2 is 1.96 bits per heavy atom. The minimum Gasteiger partial charge on any atom is -0.383 e. The molecule has 0 amide bonds. The fourth-order valence-corrected chi connectivity index (χ4v) is 3.79. The number of aromatic nitrogens is 2. The van der Waals surface area contributed by atoms with Crippen LogP contribution in [-0.2, 0) is 11.3 Å². The first kappa shape index (κ1) is 21.2. The first-order valence-corrected chi connectivity index (χ1v) is 9.77. The predicted octanol–water partition coefficient (Wildman–Crippen LogP) is 1.21. The van der Waals surface area contributed by atoms with E-state index in [9.17, 15) is 9.59 Å². The molecule has 1 aliphatic carbocycles. The molecule has 0 bridgehead atoms. The second-order valence-corrected chi connectivity index (χ2v) is 7.53. The van der Waals surface area contributed by atoms with E-state index in [0.717, 1.165) is 43.3 Å². The molecular weight excluding hydrogens is 342 g/mol. The van der Waals surface area contributed by atoms with Crippen molar-refractivity contribution in [3.8, 4) is 0 Å². The summed E-state index contributed by atoms with van der Waals surface area (Å²) in [7, 11) is 5.53. The Morgan fingerprint density at radius 3 is 2.56 bits per heavy atom. The highest BCUT2D eigenvalue weighted by Gasteiger charge is 2.21. The summed E-state index contributed by atoms with van der Waals surface area (Å²) >= 11 is 0. The van der Waals surface area contributed by atoms with Crippen LogP contribution in [0.15, 0.2) is 21.4 Å². The van der Waals surface area contributed by atoms with Gasteiger partial charge in [0.25, 0.3) is 11.1 Å². The lowest BCUT2D eigenvalue weighted by atomic mass is 10.1. The van der Waals surface area contributed by atoms with Crippen LogP contribution in [0.3, 0.4) is 0 Å². The molecule has 1 saturated carbocycles. The number of ether oxygens (including phenoxy) is 1. The molecule has 1 atom stereocenters. The van der Waals surface area contributed by atoms with Crippen molar-refractivity contribution >= 4 is 12.2 Å². The van der Waals surface area contributed by atoms with Gasteiger partial charge in [-0.2, -0.15) is 0 Å². The number of methoxy groups -OCH3 is 1. The maximum Gasteiger partial charge on any atom is 0.265 e. The molecule has 0 N–H and O–H groups in total. The molecule has 1 aliphatic rings. The predicted molar refractivity (Wildman–Crippen MR) is 110 cm³/mol. The highest BCUT2D eigenvalue weighted by Crippen LogP contribution is 2.30. The quantitative estimate of drug-likeness (QED) is 0.719. The van der Waals surface area contributed by atoms with E-state index in [-0.39, 0.29) is 17.2 Å². The summed E-state index contributed by atoms with van der Waals surface area (Å²) in [4.78, 5) is 28.6. The van der Waals surface area contributed by atoms with E-state index in [0.29, 0.717) is 23.8 Å². The molecule has 27 heavy (non-hydrogen) atoms. The zero-order valence-electron chi connectivity index (χ0n) is 17.4. The van der Waals surface area contributed by atoms with Gasteiger partial charge in [-0.05, 0) is 43.8 Å². The van der Waals surface area contributed by atoms with E-state index in [1.165, 1.54) is 0 Å². The molecule has 1 fully saturated rings. The van der Waals surface area contributed by atoms with Crippen molar-refractivity contribution in [3.05, 3.63) is 43.2 Å². The lowest BCUT2D eigenvalue weighted by molar-refractivity contribution is 0.157. The average molecular weight is 376 g/mol. The molecule has 1 aromatic rings. The third kappa shape index (κ3) is 4.43. The van der Waals surface area contributed by atoms with Gasteiger partial charge >= 0.3 is 0 Å². The Labute approximate surface area is 161 Å². The summed E-state index contributed by atoms with van der Waals surface area (Å²) < 4.78 is 8.56. The van der Waals surface area contributed by atoms with Gasteiger partial charge in [0.05, 0.1) is 12.6 Å². The van der Waals surface area contributed by atoms with Gasteiger partial charge in [0, 0.05) is 33.9 Å². The van der Waals surface area contributed by atoms with E-state index < -0.39 is 0 Å². The van der Waals surface area contributed by atoms with Crippen molar-refractivity contribution in [1.29, 1.82) is 0 Å². The highest BCUT2D eigenvalue weighted by atomic mass is 16.5. The number of nitrogens with zero attached hydrogens (tertiary/aromatic N) is 3. The standard InChI is InChI=1S/C21H33N3O3/c1-7-8-12-23-16(3)24(15(2)14-27-6)21(26)19(20(23)25)18-11-9-10-17(18)13-22(4)5/h13,15H,3,7-12,14H2,1-2,4-6H3/b17-13+,19-18-. The molecule has 150 valence electrons. The van der Waals surface area contributed by atoms with Crippen LogP contribution in [0.25, 0.3) is 12.2 Å². The second-order valence-electron chi connectivity index (χ2n) is 7.53. The molecule has 2 rings (SSSR count). The normalized spacial score (nSPS) is 18.9. The van der Waals surface area contributed by atoms with E-state index in [1.54, 1.807) is 16.2 Å². The molecule has 0 saturated heterocycles. The Balaban J connectivity index is 2.91. The van der Waals surface area contributed by atoms with E-state index >= 15 is 0 Å². The first-order chi connectivity index (χ1) is 12.8. The lowest BCUT2D eigenvalue weighted by Gasteiger charge is -2.19. The minimum absolute atomic E-state index is 0.189. The van der Waals surface area contributed by atoms with Gasteiger partial charge in [0.15, 0.2) is 0 Å². The van der Waals surface area contributed by atoms with Crippen molar-refractivity contribution < 1.29 is 4.74 Å². The fourth-order valence-electron chi connectivity index (χ4n) is 3.79. The maximum atomic E-state index is 13.4. The molecule has 0 spiro atoms. The molecule has 1 unspecified atom stereocenters. The van der Waals surface area contributed by atoms with Crippen LogP contribution < -0.4 is 21.8 Å². The molecule has 1 heterocycles. The van der Waals surface area contributed by atoms with Crippen molar-refractivity contribution in [2.45, 2.75) is 58.5 Å². The Kier molecular flexibility index (Phi) is 7.25. The van der Waals surface area contributed by atoms with Gasteiger partial charge < -0.3 is 9.64 Å². The summed E-state index contributed by atoms with van der Waals surface area (Å²) in [5.41, 5.74) is 1.98. The van der Waals surface area contributed by atoms with Crippen LogP contribution >= 0.6 is 0 Å². The Morgan fingerprint density at radius 1 is 1.26 bits per heavy atom. The number of unbranched alkanes of at least 4 members (excludes halogenated alkanes) is 1. The molecule has 6 nitrogen and oxygen atoms in total. The van der Waals surface area contributed by atoms with Crippen molar-refractivity contribution in [3.63, 3.8) is 0 Å². The van der Waals surface area contributed by atoms with Crippen LogP contribution in [0.4, 0.5) is 0 Å². The van der Waals surface area contributed by atoms with Crippen molar-refractivity contribution in [2.24, 2.45) is 0 Å². The van der Waals surface area contributed by atoms with Crippen LogP contribution in [0.5, 0.6) is 0 Å². The summed E-state index contributed by atoms with van der Waals surface area (Å²) in [5, 5.41) is 0.312. The van der Waals surface area contributed by atoms with Crippen LogP contribution in [0, 0.1) is 0 Å². The van der Waals surface area contributed by atoms with Gasteiger partial charge in [0.2, 0.25) is 0 Å². The van der Waals surface area contributed by atoms with Crippen LogP contribution in [-0.4, -0.2) is 41.8 Å². The Bertz CT molecular complexity index is 922. The van der Waals surface area contributed by atoms with Crippen molar-refractivity contribution in [1.82, 2.24) is 14.0 Å². The topological polar surface area (TPSA) is 56.5 Å². The van der Waals surface area contributed by atoms with Gasteiger partial charge in [-0.3, -0.25) is 18.7 Å². The van der Waals surface area contributed by atoms with Crippen LogP contribution in [0.2, 0.25) is 0 Å². The summed E-state index contributed by atoms with van der Waals surface area (Å²) in [6, 6.07) is -0.189. The van der Waals surface area contributed by atoms with Crippen LogP contribution in [0.1, 0.15) is 52.0 Å². The first-order valence-electron chi connectivity index (χ1n) is 9.77. The number of rotatable bonds is 7. The van der Waals surface area contributed by atoms with Gasteiger partial charge in [-0.15, -0.1) is 0 Å². The molecule has 6 heteroatoms. The molecule has 0 radical (unpaired) electrons. The average Bonchev–Trinajstić information content (AvgIpc) is 3.02. The fraction of sp³-hybridized carbons (Fsp3) is 0.619. The number of allylic oxidation sites excluding steroid dienone is 1. The zero-order valence-corrected chi connectivity index (χ0v) is 17.4. The monoisotopic (exact) mass is 375 g/mol. The number of hydrogen-bond donors (Lipinski definition) is 0. The SMILES string of the molecule is C=c1n(CCCC)c(=O)/c(=C2\CCC\C2=C/N(C)C)c(=O)n1C(C)COC. The molecule has 1 aromatic heterocycles. The highest BCUT2D eigenvalue weighted by molar-refractivity contribution is 5.66. The molecule has 0 aliphatic heterocycles. The van der Waals surface area contributed by atoms with E-state index in [2.05, 4.69) is 13.5 Å². The molecule has 0 aromatic carbocycles. The van der Waals surface area contributed by atoms with Gasteiger partial charge in [-0.25, -0.2) is 0 Å².